The fourth-order valence-corrected chi connectivity index (χ4v) is 11.7. The van der Waals surface area contributed by atoms with Gasteiger partial charge in [0, 0.05) is 75.1 Å². The molecule has 0 spiro atoms. The molecule has 0 saturated carbocycles. The van der Waals surface area contributed by atoms with Gasteiger partial charge in [-0.25, -0.2) is 0 Å². The second-order valence-corrected chi connectivity index (χ2v) is 17.4. The van der Waals surface area contributed by atoms with Gasteiger partial charge in [-0.1, -0.05) is 72.8 Å². The largest absolute Gasteiger partial charge is 0.372 e. The van der Waals surface area contributed by atoms with Crippen molar-refractivity contribution in [2.24, 2.45) is 0 Å². The van der Waals surface area contributed by atoms with E-state index in [4.69, 9.17) is 0 Å². The highest BCUT2D eigenvalue weighted by Crippen LogP contribution is 2.37. The molecule has 0 heterocycles. The van der Waals surface area contributed by atoms with Crippen molar-refractivity contribution >= 4 is 70.4 Å². The van der Waals surface area contributed by atoms with Gasteiger partial charge in [0.1, 0.15) is 0 Å². The van der Waals surface area contributed by atoms with Gasteiger partial charge in [0.15, 0.2) is 0 Å². The van der Waals surface area contributed by atoms with Crippen molar-refractivity contribution in [2.45, 2.75) is 55.4 Å². The minimum absolute atomic E-state index is 0.739. The van der Waals surface area contributed by atoms with Crippen LogP contribution in [0, 0.1) is 0 Å². The molecule has 0 saturated heterocycles. The second-order valence-electron chi connectivity index (χ2n) is 12.9. The van der Waals surface area contributed by atoms with Crippen molar-refractivity contribution < 1.29 is 0 Å². The minimum atomic E-state index is -0.739. The third-order valence-corrected chi connectivity index (χ3v) is 15.2. The van der Waals surface area contributed by atoms with E-state index in [9.17, 15) is 0 Å². The molecule has 0 fully saturated rings. The molecule has 5 aromatic rings. The molecular weight excluding hydrogens is 670 g/mol. The summed E-state index contributed by atoms with van der Waals surface area (Å²) >= 11 is 0. The first kappa shape index (κ1) is 39.4. The molecule has 5 rings (SSSR count). The fraction of sp³-hybridized carbons (Fsp3) is 0.348. The first-order valence-electron chi connectivity index (χ1n) is 19.5. The van der Waals surface area contributed by atoms with E-state index in [1.807, 2.05) is 0 Å². The molecule has 0 bridgehead atoms. The van der Waals surface area contributed by atoms with Crippen molar-refractivity contribution in [3.8, 4) is 0 Å². The Morgan fingerprint density at radius 1 is 0.250 bits per heavy atom. The molecular formula is C46H60N4P2. The average molecular weight is 731 g/mol. The number of benzene rings is 5. The van der Waals surface area contributed by atoms with Gasteiger partial charge in [-0.15, -0.1) is 0 Å². The van der Waals surface area contributed by atoms with Gasteiger partial charge in [-0.2, -0.15) is 0 Å². The standard InChI is InChI=1S/C46H60N4P2/c1-9-47(10-2)37-17-25-41(26-18-37)51(42-27-19-38(20-28-42)48(11-3)12-4)45-33-35-46(36-34-45)52(43-29-21-39(22-30-43)49(13-5)14-6)44-31-23-40(24-32-44)50(15-7)16-8/h17-36H,9-16H2,1-8H3. The van der Waals surface area contributed by atoms with E-state index >= 15 is 0 Å². The highest BCUT2D eigenvalue weighted by molar-refractivity contribution is 7.80. The molecule has 0 aliphatic heterocycles. The van der Waals surface area contributed by atoms with Gasteiger partial charge >= 0.3 is 0 Å². The van der Waals surface area contributed by atoms with Crippen LogP contribution in [-0.2, 0) is 0 Å². The van der Waals surface area contributed by atoms with Crippen molar-refractivity contribution in [1.29, 1.82) is 0 Å². The maximum absolute atomic E-state index is 2.42. The van der Waals surface area contributed by atoms with E-state index < -0.39 is 15.8 Å². The Hall–Kier alpha value is -3.84. The monoisotopic (exact) mass is 730 g/mol. The highest BCUT2D eigenvalue weighted by atomic mass is 31.1. The lowest BCUT2D eigenvalue weighted by Crippen LogP contribution is -2.26. The van der Waals surface area contributed by atoms with E-state index in [1.54, 1.807) is 0 Å². The Bertz CT molecular complexity index is 1510. The first-order valence-corrected chi connectivity index (χ1v) is 22.2. The Morgan fingerprint density at radius 2 is 0.385 bits per heavy atom. The zero-order valence-corrected chi connectivity index (χ0v) is 34.7. The number of nitrogens with zero attached hydrogens (tertiary/aromatic N) is 4. The number of hydrogen-bond acceptors (Lipinski definition) is 4. The normalized spacial score (nSPS) is 11.3. The Balaban J connectivity index is 1.57. The van der Waals surface area contributed by atoms with Crippen molar-refractivity contribution in [2.75, 3.05) is 72.0 Å². The van der Waals surface area contributed by atoms with Gasteiger partial charge in [0.05, 0.1) is 0 Å². The van der Waals surface area contributed by atoms with Crippen LogP contribution in [0.3, 0.4) is 0 Å². The lowest BCUT2D eigenvalue weighted by molar-refractivity contribution is 0.866. The second kappa shape index (κ2) is 19.3. The quantitative estimate of drug-likeness (QED) is 0.0838. The summed E-state index contributed by atoms with van der Waals surface area (Å²) in [5, 5.41) is 8.30. The summed E-state index contributed by atoms with van der Waals surface area (Å²) in [6, 6.07) is 47.2. The van der Waals surface area contributed by atoms with E-state index in [1.165, 1.54) is 54.6 Å². The zero-order valence-electron chi connectivity index (χ0n) is 32.9. The van der Waals surface area contributed by atoms with Crippen molar-refractivity contribution in [1.82, 2.24) is 0 Å². The van der Waals surface area contributed by atoms with Gasteiger partial charge in [-0.05, 0) is 152 Å². The molecule has 52 heavy (non-hydrogen) atoms. The molecule has 0 N–H and O–H groups in total. The molecule has 0 radical (unpaired) electrons. The SMILES string of the molecule is CCN(CC)c1ccc(P(c2ccc(N(CC)CC)cc2)c2ccc(P(c3ccc(N(CC)CC)cc3)c3ccc(N(CC)CC)cc3)cc2)cc1. The van der Waals surface area contributed by atoms with Crippen LogP contribution >= 0.6 is 15.8 Å². The van der Waals surface area contributed by atoms with Crippen molar-refractivity contribution in [3.63, 3.8) is 0 Å². The Kier molecular flexibility index (Phi) is 14.6. The highest BCUT2D eigenvalue weighted by Gasteiger charge is 2.21. The molecule has 274 valence electrons. The maximum Gasteiger partial charge on any atom is 0.0366 e. The van der Waals surface area contributed by atoms with Gasteiger partial charge in [0.25, 0.3) is 0 Å². The lowest BCUT2D eigenvalue weighted by atomic mass is 10.3. The summed E-state index contributed by atoms with van der Waals surface area (Å²) in [5.74, 6) is 0. The maximum atomic E-state index is 2.42. The smallest absolute Gasteiger partial charge is 0.0366 e. The van der Waals surface area contributed by atoms with Crippen LogP contribution in [0.15, 0.2) is 121 Å². The topological polar surface area (TPSA) is 13.0 Å². The molecule has 0 unspecified atom stereocenters. The molecule has 5 aromatic carbocycles. The summed E-state index contributed by atoms with van der Waals surface area (Å²) in [7, 11) is -1.48. The van der Waals surface area contributed by atoms with Crippen LogP contribution < -0.4 is 51.4 Å². The summed E-state index contributed by atoms with van der Waals surface area (Å²) in [5.41, 5.74) is 5.17. The van der Waals surface area contributed by atoms with Gasteiger partial charge < -0.3 is 19.6 Å². The predicted molar refractivity (Wildman–Crippen MR) is 238 cm³/mol. The van der Waals surface area contributed by atoms with Crippen LogP contribution in [0.1, 0.15) is 55.4 Å². The van der Waals surface area contributed by atoms with E-state index in [0.717, 1.165) is 52.4 Å². The van der Waals surface area contributed by atoms with Crippen LogP contribution in [0.2, 0.25) is 0 Å². The number of hydrogen-bond donors (Lipinski definition) is 0. The predicted octanol–water partition coefficient (Wildman–Crippen LogP) is 8.59. The van der Waals surface area contributed by atoms with E-state index in [0.29, 0.717) is 0 Å². The molecule has 0 aromatic heterocycles. The molecule has 6 heteroatoms. The summed E-state index contributed by atoms with van der Waals surface area (Å²) in [6.45, 7) is 26.0. The lowest BCUT2D eigenvalue weighted by Gasteiger charge is -2.26. The first-order chi connectivity index (χ1) is 25.4. The van der Waals surface area contributed by atoms with Crippen LogP contribution in [0.25, 0.3) is 0 Å². The summed E-state index contributed by atoms with van der Waals surface area (Å²) in [4.78, 5) is 9.69. The Labute approximate surface area is 318 Å². The molecule has 4 nitrogen and oxygen atoms in total. The van der Waals surface area contributed by atoms with Gasteiger partial charge in [-0.3, -0.25) is 0 Å². The minimum Gasteiger partial charge on any atom is -0.372 e. The third kappa shape index (κ3) is 9.02. The van der Waals surface area contributed by atoms with E-state index in [2.05, 4.69) is 196 Å². The van der Waals surface area contributed by atoms with E-state index in [-0.39, 0.29) is 0 Å². The molecule has 0 amide bonds. The van der Waals surface area contributed by atoms with Crippen molar-refractivity contribution in [3.05, 3.63) is 121 Å². The third-order valence-electron chi connectivity index (χ3n) is 10.3. The van der Waals surface area contributed by atoms with Crippen LogP contribution in [0.5, 0.6) is 0 Å². The Morgan fingerprint density at radius 3 is 0.519 bits per heavy atom. The fourth-order valence-electron chi connectivity index (χ4n) is 7.25. The average Bonchev–Trinajstić information content (AvgIpc) is 3.20. The zero-order chi connectivity index (χ0) is 37.0. The molecule has 0 aliphatic carbocycles. The molecule has 0 atom stereocenters. The summed E-state index contributed by atoms with van der Waals surface area (Å²) in [6.07, 6.45) is 0. The van der Waals surface area contributed by atoms with Gasteiger partial charge in [0.2, 0.25) is 0 Å². The number of rotatable bonds is 18. The van der Waals surface area contributed by atoms with Crippen LogP contribution in [-0.4, -0.2) is 52.4 Å². The molecule has 0 aliphatic rings. The number of anilines is 4. The summed E-state index contributed by atoms with van der Waals surface area (Å²) < 4.78 is 0. The van der Waals surface area contributed by atoms with Crippen LogP contribution in [0.4, 0.5) is 22.7 Å².